The normalized spacial score (nSPS) is 19.1. The molecule has 0 aliphatic carbocycles. The van der Waals surface area contributed by atoms with E-state index in [1.807, 2.05) is 25.1 Å². The molecular formula is C14H13ClN2O2. The summed E-state index contributed by atoms with van der Waals surface area (Å²) < 4.78 is 5.33. The third-order valence-corrected chi connectivity index (χ3v) is 3.47. The number of hydrogen-bond donors (Lipinski definition) is 2. The molecular weight excluding hydrogens is 264 g/mol. The van der Waals surface area contributed by atoms with Gasteiger partial charge in [-0.05, 0) is 37.3 Å². The summed E-state index contributed by atoms with van der Waals surface area (Å²) in [6.07, 6.45) is 1.62. The van der Waals surface area contributed by atoms with E-state index in [0.717, 1.165) is 17.0 Å². The van der Waals surface area contributed by atoms with E-state index in [-0.39, 0.29) is 11.9 Å². The maximum absolute atomic E-state index is 12.0. The molecule has 2 atom stereocenters. The van der Waals surface area contributed by atoms with Crippen LogP contribution in [0.4, 0.5) is 5.69 Å². The molecule has 0 spiro atoms. The van der Waals surface area contributed by atoms with Crippen molar-refractivity contribution in [3.8, 4) is 0 Å². The Bertz CT molecular complexity index is 610. The van der Waals surface area contributed by atoms with E-state index in [1.54, 1.807) is 18.4 Å². The summed E-state index contributed by atoms with van der Waals surface area (Å²) >= 11 is 5.99. The molecule has 1 aliphatic rings. The first-order chi connectivity index (χ1) is 9.15. The van der Waals surface area contributed by atoms with Gasteiger partial charge in [0, 0.05) is 16.3 Å². The monoisotopic (exact) mass is 276 g/mol. The van der Waals surface area contributed by atoms with Gasteiger partial charge in [-0.2, -0.15) is 0 Å². The fourth-order valence-corrected chi connectivity index (χ4v) is 2.45. The quantitative estimate of drug-likeness (QED) is 0.904. The molecule has 4 nitrogen and oxygen atoms in total. The highest BCUT2D eigenvalue weighted by Gasteiger charge is 2.32. The van der Waals surface area contributed by atoms with Gasteiger partial charge in [-0.3, -0.25) is 10.1 Å². The number of amides is 1. The summed E-state index contributed by atoms with van der Waals surface area (Å²) in [6.45, 7) is 1.95. The molecule has 98 valence electrons. The van der Waals surface area contributed by atoms with Gasteiger partial charge in [0.15, 0.2) is 0 Å². The zero-order valence-electron chi connectivity index (χ0n) is 10.3. The number of hydrogen-bond acceptors (Lipinski definition) is 3. The lowest BCUT2D eigenvalue weighted by Crippen LogP contribution is -2.29. The Hall–Kier alpha value is -1.78. The van der Waals surface area contributed by atoms with E-state index in [4.69, 9.17) is 16.0 Å². The van der Waals surface area contributed by atoms with Gasteiger partial charge in [0.05, 0.1) is 12.3 Å². The van der Waals surface area contributed by atoms with E-state index >= 15 is 0 Å². The lowest BCUT2D eigenvalue weighted by molar-refractivity contribution is -0.117. The smallest absolute Gasteiger partial charge is 0.246 e. The molecule has 2 aromatic rings. The van der Waals surface area contributed by atoms with Crippen LogP contribution in [-0.2, 0) is 4.79 Å². The Balaban J connectivity index is 1.86. The molecule has 2 unspecified atom stereocenters. The molecule has 1 amide bonds. The Morgan fingerprint density at radius 1 is 1.42 bits per heavy atom. The van der Waals surface area contributed by atoms with Crippen LogP contribution >= 0.6 is 11.6 Å². The van der Waals surface area contributed by atoms with E-state index in [0.29, 0.717) is 5.02 Å². The molecule has 1 aliphatic heterocycles. The largest absolute Gasteiger partial charge is 0.468 e. The topological polar surface area (TPSA) is 54.3 Å². The number of rotatable bonds is 3. The zero-order valence-corrected chi connectivity index (χ0v) is 11.1. The van der Waals surface area contributed by atoms with Gasteiger partial charge in [-0.1, -0.05) is 11.6 Å². The van der Waals surface area contributed by atoms with Crippen LogP contribution in [0.3, 0.4) is 0 Å². The number of halogens is 1. The van der Waals surface area contributed by atoms with Crippen LogP contribution in [0, 0.1) is 0 Å². The number of benzene rings is 1. The average molecular weight is 277 g/mol. The number of carbonyl (C=O) groups excluding carboxylic acids is 1. The summed E-state index contributed by atoms with van der Waals surface area (Å²) in [7, 11) is 0. The highest BCUT2D eigenvalue weighted by molar-refractivity contribution is 6.31. The van der Waals surface area contributed by atoms with Crippen molar-refractivity contribution in [2.24, 2.45) is 0 Å². The molecule has 0 saturated heterocycles. The first kappa shape index (κ1) is 12.3. The van der Waals surface area contributed by atoms with Crippen LogP contribution in [-0.4, -0.2) is 5.91 Å². The second-order valence-corrected chi connectivity index (χ2v) is 4.99. The maximum atomic E-state index is 12.0. The number of nitrogens with one attached hydrogen (secondary N) is 2. The van der Waals surface area contributed by atoms with Crippen LogP contribution in [0.5, 0.6) is 0 Å². The van der Waals surface area contributed by atoms with Crippen molar-refractivity contribution in [1.82, 2.24) is 5.32 Å². The van der Waals surface area contributed by atoms with Crippen molar-refractivity contribution in [2.75, 3.05) is 5.32 Å². The SMILES string of the molecule is CC(NC1C(=O)Nc2ccc(Cl)cc21)c1ccco1. The Morgan fingerprint density at radius 3 is 3.00 bits per heavy atom. The molecule has 1 aromatic heterocycles. The highest BCUT2D eigenvalue weighted by atomic mass is 35.5. The van der Waals surface area contributed by atoms with Crippen LogP contribution in [0.2, 0.25) is 5.02 Å². The minimum atomic E-state index is -0.409. The van der Waals surface area contributed by atoms with Crippen molar-refractivity contribution in [3.63, 3.8) is 0 Å². The first-order valence-corrected chi connectivity index (χ1v) is 6.42. The summed E-state index contributed by atoms with van der Waals surface area (Å²) in [5, 5.41) is 6.70. The molecule has 0 radical (unpaired) electrons. The van der Waals surface area contributed by atoms with E-state index in [2.05, 4.69) is 10.6 Å². The lowest BCUT2D eigenvalue weighted by atomic mass is 10.1. The highest BCUT2D eigenvalue weighted by Crippen LogP contribution is 2.34. The molecule has 3 rings (SSSR count). The van der Waals surface area contributed by atoms with Gasteiger partial charge in [-0.25, -0.2) is 0 Å². The van der Waals surface area contributed by atoms with Crippen LogP contribution < -0.4 is 10.6 Å². The van der Waals surface area contributed by atoms with E-state index in [1.165, 1.54) is 0 Å². The van der Waals surface area contributed by atoms with Crippen molar-refractivity contribution >= 4 is 23.2 Å². The lowest BCUT2D eigenvalue weighted by Gasteiger charge is -2.16. The van der Waals surface area contributed by atoms with Gasteiger partial charge >= 0.3 is 0 Å². The van der Waals surface area contributed by atoms with Crippen molar-refractivity contribution in [3.05, 3.63) is 52.9 Å². The summed E-state index contributed by atoms with van der Waals surface area (Å²) in [6, 6.07) is 8.62. The van der Waals surface area contributed by atoms with E-state index < -0.39 is 6.04 Å². The maximum Gasteiger partial charge on any atom is 0.246 e. The predicted octanol–water partition coefficient (Wildman–Crippen LogP) is 3.28. The second-order valence-electron chi connectivity index (χ2n) is 4.56. The minimum Gasteiger partial charge on any atom is -0.468 e. The molecule has 0 saturated carbocycles. The summed E-state index contributed by atoms with van der Waals surface area (Å²) in [5.74, 6) is 0.721. The Kier molecular flexibility index (Phi) is 3.05. The van der Waals surface area contributed by atoms with Gasteiger partial charge in [0.1, 0.15) is 11.8 Å². The fraction of sp³-hybridized carbons (Fsp3) is 0.214. The molecule has 2 N–H and O–H groups in total. The molecule has 0 fully saturated rings. The van der Waals surface area contributed by atoms with Gasteiger partial charge in [0.25, 0.3) is 0 Å². The molecule has 5 heteroatoms. The van der Waals surface area contributed by atoms with Crippen LogP contribution in [0.15, 0.2) is 41.0 Å². The van der Waals surface area contributed by atoms with Crippen molar-refractivity contribution in [2.45, 2.75) is 19.0 Å². The molecule has 1 aromatic carbocycles. The third-order valence-electron chi connectivity index (χ3n) is 3.23. The van der Waals surface area contributed by atoms with Crippen molar-refractivity contribution < 1.29 is 9.21 Å². The first-order valence-electron chi connectivity index (χ1n) is 6.05. The van der Waals surface area contributed by atoms with Crippen LogP contribution in [0.25, 0.3) is 0 Å². The number of fused-ring (bicyclic) bond motifs is 1. The Morgan fingerprint density at radius 2 is 2.26 bits per heavy atom. The minimum absolute atomic E-state index is 0.0596. The summed E-state index contributed by atoms with van der Waals surface area (Å²) in [5.41, 5.74) is 1.68. The van der Waals surface area contributed by atoms with Gasteiger partial charge in [0.2, 0.25) is 5.91 Å². The number of anilines is 1. The molecule has 0 bridgehead atoms. The standard InChI is InChI=1S/C14H13ClN2O2/c1-8(12-3-2-6-19-12)16-13-10-7-9(15)4-5-11(10)17-14(13)18/h2-8,13,16H,1H3,(H,17,18). The zero-order chi connectivity index (χ0) is 13.4. The second kappa shape index (κ2) is 4.72. The van der Waals surface area contributed by atoms with Gasteiger partial charge in [-0.15, -0.1) is 0 Å². The van der Waals surface area contributed by atoms with Gasteiger partial charge < -0.3 is 9.73 Å². The number of furan rings is 1. The third kappa shape index (κ3) is 2.25. The average Bonchev–Trinajstić information content (AvgIpc) is 2.99. The predicted molar refractivity (Wildman–Crippen MR) is 73.1 cm³/mol. The fourth-order valence-electron chi connectivity index (χ4n) is 2.27. The molecule has 2 heterocycles. The summed E-state index contributed by atoms with van der Waals surface area (Å²) in [4.78, 5) is 12.0. The van der Waals surface area contributed by atoms with E-state index in [9.17, 15) is 4.79 Å². The molecule has 19 heavy (non-hydrogen) atoms. The van der Waals surface area contributed by atoms with Crippen molar-refractivity contribution in [1.29, 1.82) is 0 Å². The number of carbonyl (C=O) groups is 1. The Labute approximate surface area is 115 Å². The van der Waals surface area contributed by atoms with Crippen LogP contribution in [0.1, 0.15) is 30.3 Å².